The van der Waals surface area contributed by atoms with Gasteiger partial charge in [0.05, 0.1) is 24.2 Å². The number of Topliss-reactive ketones (excluding diaryl/α,β-unsaturated/α-hetero) is 1. The molecule has 0 spiro atoms. The second kappa shape index (κ2) is 11.5. The first kappa shape index (κ1) is 24.9. The molecule has 1 aliphatic rings. The monoisotopic (exact) mass is 494 g/mol. The van der Waals surface area contributed by atoms with Crippen LogP contribution in [0.3, 0.4) is 0 Å². The molecule has 2 atom stereocenters. The fourth-order valence-electron chi connectivity index (χ4n) is 5.44. The Kier molecular flexibility index (Phi) is 7.73. The van der Waals surface area contributed by atoms with E-state index in [-0.39, 0.29) is 5.78 Å². The molecule has 1 saturated carbocycles. The molecule has 5 rings (SSSR count). The number of nitrogens with zero attached hydrogens (tertiary/aromatic N) is 4. The van der Waals surface area contributed by atoms with E-state index < -0.39 is 0 Å². The van der Waals surface area contributed by atoms with E-state index in [1.807, 2.05) is 35.0 Å². The highest BCUT2D eigenvalue weighted by atomic mass is 16.5. The van der Waals surface area contributed by atoms with E-state index in [2.05, 4.69) is 53.3 Å². The standard InChI is InChI=1S/C31H34N4O2/c1-22-8-6-13-26(16-22)29-18-30(25-10-4-3-5-11-25)35(34-29)20-27(36)17-23-9-7-12-24(15-14-23)28-19-31(37-2)33-21-32-28/h3-6,8,10-11,13,16,18-19,21,23-24H,7,9,12,14-15,17,20H2,1-2H3. The molecule has 2 aromatic carbocycles. The lowest BCUT2D eigenvalue weighted by Crippen LogP contribution is -2.16. The molecule has 1 aliphatic carbocycles. The molecule has 190 valence electrons. The largest absolute Gasteiger partial charge is 0.481 e. The van der Waals surface area contributed by atoms with Crippen molar-refractivity contribution in [3.8, 4) is 28.4 Å². The van der Waals surface area contributed by atoms with Crippen molar-refractivity contribution in [2.45, 2.75) is 57.9 Å². The SMILES string of the molecule is COc1cc(C2CCCC(CC(=O)Cn3nc(-c4cccc(C)c4)cc3-c3ccccc3)CC2)ncn1. The van der Waals surface area contributed by atoms with E-state index in [4.69, 9.17) is 9.84 Å². The van der Waals surface area contributed by atoms with Crippen LogP contribution in [-0.2, 0) is 11.3 Å². The summed E-state index contributed by atoms with van der Waals surface area (Å²) in [4.78, 5) is 21.9. The van der Waals surface area contributed by atoms with Gasteiger partial charge in [0.2, 0.25) is 5.88 Å². The molecule has 2 heterocycles. The second-order valence-electron chi connectivity index (χ2n) is 10.1. The number of rotatable bonds is 8. The Labute approximate surface area is 218 Å². The third-order valence-corrected chi connectivity index (χ3v) is 7.38. The van der Waals surface area contributed by atoms with Crippen LogP contribution in [0.25, 0.3) is 22.5 Å². The molecular formula is C31H34N4O2. The van der Waals surface area contributed by atoms with Crippen molar-refractivity contribution in [1.29, 1.82) is 0 Å². The average Bonchev–Trinajstić information content (AvgIpc) is 3.20. The van der Waals surface area contributed by atoms with Gasteiger partial charge < -0.3 is 4.74 Å². The summed E-state index contributed by atoms with van der Waals surface area (Å²) in [6.07, 6.45) is 7.50. The highest BCUT2D eigenvalue weighted by Gasteiger charge is 2.24. The van der Waals surface area contributed by atoms with E-state index in [1.165, 1.54) is 5.56 Å². The van der Waals surface area contributed by atoms with E-state index in [9.17, 15) is 4.79 Å². The molecule has 0 saturated heterocycles. The van der Waals surface area contributed by atoms with Gasteiger partial charge in [-0.1, -0.05) is 66.9 Å². The Morgan fingerprint density at radius 1 is 0.946 bits per heavy atom. The Balaban J connectivity index is 1.29. The van der Waals surface area contributed by atoms with Gasteiger partial charge in [0.1, 0.15) is 12.9 Å². The number of benzene rings is 2. The zero-order valence-electron chi connectivity index (χ0n) is 21.6. The number of carbonyl (C=O) groups excluding carboxylic acids is 1. The van der Waals surface area contributed by atoms with Gasteiger partial charge in [0.15, 0.2) is 5.78 Å². The highest BCUT2D eigenvalue weighted by molar-refractivity contribution is 5.80. The third-order valence-electron chi connectivity index (χ3n) is 7.38. The van der Waals surface area contributed by atoms with Crippen molar-refractivity contribution in [3.63, 3.8) is 0 Å². The Bertz CT molecular complexity index is 1350. The number of ether oxygens (including phenoxy) is 1. The molecule has 0 amide bonds. The van der Waals surface area contributed by atoms with Gasteiger partial charge in [-0.3, -0.25) is 9.48 Å². The summed E-state index contributed by atoms with van der Waals surface area (Å²) in [6.45, 7) is 2.37. The lowest BCUT2D eigenvalue weighted by molar-refractivity contribution is -0.120. The predicted molar refractivity (Wildman–Crippen MR) is 145 cm³/mol. The number of methoxy groups -OCH3 is 1. The first-order valence-electron chi connectivity index (χ1n) is 13.2. The van der Waals surface area contributed by atoms with Crippen molar-refractivity contribution in [3.05, 3.63) is 84.3 Å². The Morgan fingerprint density at radius 2 is 1.78 bits per heavy atom. The van der Waals surface area contributed by atoms with Gasteiger partial charge in [-0.05, 0) is 49.8 Å². The number of hydrogen-bond donors (Lipinski definition) is 0. The topological polar surface area (TPSA) is 69.9 Å². The molecule has 6 heteroatoms. The van der Waals surface area contributed by atoms with E-state index in [0.29, 0.717) is 30.7 Å². The molecule has 2 unspecified atom stereocenters. The zero-order valence-corrected chi connectivity index (χ0v) is 21.6. The van der Waals surface area contributed by atoms with E-state index in [1.54, 1.807) is 13.4 Å². The maximum absolute atomic E-state index is 13.3. The minimum Gasteiger partial charge on any atom is -0.481 e. The van der Waals surface area contributed by atoms with Crippen LogP contribution < -0.4 is 4.74 Å². The summed E-state index contributed by atoms with van der Waals surface area (Å²) in [5, 5.41) is 4.89. The maximum atomic E-state index is 13.3. The predicted octanol–water partition coefficient (Wildman–Crippen LogP) is 6.65. The van der Waals surface area contributed by atoms with Gasteiger partial charge in [-0.2, -0.15) is 5.10 Å². The molecule has 0 N–H and O–H groups in total. The fraction of sp³-hybridized carbons (Fsp3) is 0.355. The van der Waals surface area contributed by atoms with E-state index in [0.717, 1.165) is 60.3 Å². The maximum Gasteiger partial charge on any atom is 0.216 e. The first-order chi connectivity index (χ1) is 18.1. The molecule has 37 heavy (non-hydrogen) atoms. The summed E-state index contributed by atoms with van der Waals surface area (Å²) in [5.41, 5.74) is 6.25. The molecule has 4 aromatic rings. The first-order valence-corrected chi connectivity index (χ1v) is 13.2. The number of hydrogen-bond acceptors (Lipinski definition) is 5. The van der Waals surface area contributed by atoms with Crippen molar-refractivity contribution >= 4 is 5.78 Å². The minimum absolute atomic E-state index is 0.239. The zero-order chi connectivity index (χ0) is 25.6. The molecule has 1 fully saturated rings. The summed E-state index contributed by atoms with van der Waals surface area (Å²) < 4.78 is 7.17. The average molecular weight is 495 g/mol. The molecule has 2 aromatic heterocycles. The smallest absolute Gasteiger partial charge is 0.216 e. The van der Waals surface area contributed by atoms with E-state index >= 15 is 0 Å². The Morgan fingerprint density at radius 3 is 2.59 bits per heavy atom. The summed E-state index contributed by atoms with van der Waals surface area (Å²) in [7, 11) is 1.63. The minimum atomic E-state index is 0.239. The molecular weight excluding hydrogens is 460 g/mol. The second-order valence-corrected chi connectivity index (χ2v) is 10.1. The fourth-order valence-corrected chi connectivity index (χ4v) is 5.44. The van der Waals surface area contributed by atoms with Crippen LogP contribution in [-0.4, -0.2) is 32.6 Å². The number of aromatic nitrogens is 4. The van der Waals surface area contributed by atoms with Gasteiger partial charge >= 0.3 is 0 Å². The molecule has 0 bridgehead atoms. The van der Waals surface area contributed by atoms with Crippen LogP contribution in [0.2, 0.25) is 0 Å². The molecule has 6 nitrogen and oxygen atoms in total. The van der Waals surface area contributed by atoms with Crippen LogP contribution in [0, 0.1) is 12.8 Å². The van der Waals surface area contributed by atoms with Gasteiger partial charge in [0, 0.05) is 24.0 Å². The Hall–Kier alpha value is -3.80. The van der Waals surface area contributed by atoms with Crippen molar-refractivity contribution in [2.24, 2.45) is 5.92 Å². The molecule has 0 radical (unpaired) electrons. The van der Waals surface area contributed by atoms with Crippen molar-refractivity contribution in [2.75, 3.05) is 7.11 Å². The summed E-state index contributed by atoms with van der Waals surface area (Å²) >= 11 is 0. The van der Waals surface area contributed by atoms with Crippen LogP contribution in [0.15, 0.2) is 73.1 Å². The third kappa shape index (κ3) is 6.13. The summed E-state index contributed by atoms with van der Waals surface area (Å²) in [6, 6.07) is 22.6. The van der Waals surface area contributed by atoms with Crippen LogP contribution in [0.5, 0.6) is 5.88 Å². The van der Waals surface area contributed by atoms with Gasteiger partial charge in [-0.25, -0.2) is 9.97 Å². The lowest BCUT2D eigenvalue weighted by Gasteiger charge is -2.15. The van der Waals surface area contributed by atoms with Crippen LogP contribution in [0.4, 0.5) is 0 Å². The summed E-state index contributed by atoms with van der Waals surface area (Å²) in [5.74, 6) is 1.64. The molecule has 0 aliphatic heterocycles. The van der Waals surface area contributed by atoms with Gasteiger partial charge in [0.25, 0.3) is 0 Å². The van der Waals surface area contributed by atoms with Crippen LogP contribution >= 0.6 is 0 Å². The lowest BCUT2D eigenvalue weighted by atomic mass is 9.92. The number of ketones is 1. The van der Waals surface area contributed by atoms with Gasteiger partial charge in [-0.15, -0.1) is 0 Å². The highest BCUT2D eigenvalue weighted by Crippen LogP contribution is 2.35. The normalized spacial score (nSPS) is 17.8. The van der Waals surface area contributed by atoms with Crippen molar-refractivity contribution < 1.29 is 9.53 Å². The number of aryl methyl sites for hydroxylation is 1. The number of carbonyl (C=O) groups is 1. The van der Waals surface area contributed by atoms with Crippen LogP contribution in [0.1, 0.15) is 55.7 Å². The quantitative estimate of drug-likeness (QED) is 0.257. The van der Waals surface area contributed by atoms with Crippen molar-refractivity contribution in [1.82, 2.24) is 19.7 Å².